The van der Waals surface area contributed by atoms with E-state index in [9.17, 15) is 9.59 Å². The van der Waals surface area contributed by atoms with E-state index in [1.54, 1.807) is 11.4 Å². The van der Waals surface area contributed by atoms with E-state index in [0.29, 0.717) is 15.6 Å². The van der Waals surface area contributed by atoms with Crippen molar-refractivity contribution in [3.8, 4) is 0 Å². The summed E-state index contributed by atoms with van der Waals surface area (Å²) in [6.45, 7) is 2.26. The van der Waals surface area contributed by atoms with Crippen LogP contribution in [0.5, 0.6) is 0 Å². The Bertz CT molecular complexity index is 670. The van der Waals surface area contributed by atoms with E-state index in [4.69, 9.17) is 17.3 Å². The molecule has 0 radical (unpaired) electrons. The molecular weight excluding hydrogens is 322 g/mol. The summed E-state index contributed by atoms with van der Waals surface area (Å²) < 4.78 is 0. The van der Waals surface area contributed by atoms with Gasteiger partial charge in [0.05, 0.1) is 5.56 Å². The Morgan fingerprint density at radius 2 is 2.00 bits per heavy atom. The van der Waals surface area contributed by atoms with E-state index >= 15 is 0 Å². The lowest BCUT2D eigenvalue weighted by Crippen LogP contribution is -2.86. The third kappa shape index (κ3) is 4.30. The minimum Gasteiger partial charge on any atom is -0.366 e. The third-order valence-corrected chi connectivity index (χ3v) is 4.32. The molecule has 0 aliphatic rings. The Balaban J connectivity index is 1.88. The van der Waals surface area contributed by atoms with Gasteiger partial charge in [0.15, 0.2) is 6.54 Å². The maximum Gasteiger partial charge on any atom is 0.280 e. The highest BCUT2D eigenvalue weighted by Crippen LogP contribution is 2.22. The van der Waals surface area contributed by atoms with Crippen LogP contribution in [-0.4, -0.2) is 18.4 Å². The summed E-state index contributed by atoms with van der Waals surface area (Å²) in [6.07, 6.45) is 0. The summed E-state index contributed by atoms with van der Waals surface area (Å²) in [7, 11) is 0. The van der Waals surface area contributed by atoms with Gasteiger partial charge in [0, 0.05) is 10.6 Å². The molecule has 0 unspecified atom stereocenters. The van der Waals surface area contributed by atoms with Gasteiger partial charge >= 0.3 is 0 Å². The molecule has 1 aromatic carbocycles. The maximum atomic E-state index is 12.0. The number of hydrogen-bond acceptors (Lipinski definition) is 3. The second kappa shape index (κ2) is 7.40. The number of hydrogen-bond donors (Lipinski definition) is 3. The summed E-state index contributed by atoms with van der Waals surface area (Å²) in [6, 6.07) is 9.25. The summed E-state index contributed by atoms with van der Waals surface area (Å²) in [5.74, 6) is -0.721. The molecule has 22 heavy (non-hydrogen) atoms. The molecule has 1 heterocycles. The van der Waals surface area contributed by atoms with Crippen molar-refractivity contribution in [2.75, 3.05) is 11.9 Å². The van der Waals surface area contributed by atoms with Gasteiger partial charge in [0.1, 0.15) is 11.0 Å². The Morgan fingerprint density at radius 3 is 2.64 bits per heavy atom. The van der Waals surface area contributed by atoms with Crippen molar-refractivity contribution in [2.24, 2.45) is 5.73 Å². The molecule has 1 atom stereocenters. The number of nitrogens with two attached hydrogens (primary N) is 2. The van der Waals surface area contributed by atoms with Gasteiger partial charge in [-0.05, 0) is 30.5 Å². The number of carbonyl (C=O) groups excluding carboxylic acids is 2. The van der Waals surface area contributed by atoms with Crippen molar-refractivity contribution >= 4 is 39.8 Å². The van der Waals surface area contributed by atoms with E-state index < -0.39 is 5.91 Å². The highest BCUT2D eigenvalue weighted by Gasteiger charge is 2.15. The van der Waals surface area contributed by atoms with E-state index in [1.807, 2.05) is 36.5 Å². The first kappa shape index (κ1) is 16.5. The van der Waals surface area contributed by atoms with Crippen LogP contribution in [0.1, 0.15) is 28.9 Å². The molecule has 0 aliphatic heterocycles. The summed E-state index contributed by atoms with van der Waals surface area (Å²) in [4.78, 5) is 23.2. The van der Waals surface area contributed by atoms with Gasteiger partial charge < -0.3 is 16.4 Å². The van der Waals surface area contributed by atoms with Crippen molar-refractivity contribution in [2.45, 2.75) is 13.0 Å². The van der Waals surface area contributed by atoms with Crippen molar-refractivity contribution in [3.63, 3.8) is 0 Å². The highest BCUT2D eigenvalue weighted by atomic mass is 35.5. The van der Waals surface area contributed by atoms with Crippen molar-refractivity contribution in [3.05, 3.63) is 51.9 Å². The molecule has 7 heteroatoms. The van der Waals surface area contributed by atoms with Crippen LogP contribution in [0, 0.1) is 0 Å². The molecule has 0 saturated carbocycles. The molecule has 2 aromatic rings. The topological polar surface area (TPSA) is 88.8 Å². The number of halogens is 1. The van der Waals surface area contributed by atoms with Gasteiger partial charge in [0.2, 0.25) is 0 Å². The van der Waals surface area contributed by atoms with Crippen molar-refractivity contribution < 1.29 is 14.9 Å². The number of primary amides is 1. The maximum absolute atomic E-state index is 12.0. The smallest absolute Gasteiger partial charge is 0.280 e. The normalized spacial score (nSPS) is 11.9. The molecule has 0 aliphatic carbocycles. The van der Waals surface area contributed by atoms with E-state index in [2.05, 4.69) is 5.32 Å². The van der Waals surface area contributed by atoms with Crippen molar-refractivity contribution in [1.29, 1.82) is 0 Å². The molecule has 0 bridgehead atoms. The Morgan fingerprint density at radius 1 is 1.32 bits per heavy atom. The average Bonchev–Trinajstić information content (AvgIpc) is 2.94. The van der Waals surface area contributed by atoms with Crippen LogP contribution < -0.4 is 16.4 Å². The van der Waals surface area contributed by atoms with Gasteiger partial charge in [-0.3, -0.25) is 9.59 Å². The number of thiophene rings is 1. The first-order chi connectivity index (χ1) is 10.5. The predicted octanol–water partition coefficient (Wildman–Crippen LogP) is 1.76. The summed E-state index contributed by atoms with van der Waals surface area (Å²) in [5, 5.41) is 7.52. The van der Waals surface area contributed by atoms with Crippen molar-refractivity contribution in [1.82, 2.24) is 0 Å². The Labute approximate surface area is 137 Å². The number of rotatable bonds is 6. The summed E-state index contributed by atoms with van der Waals surface area (Å²) >= 11 is 7.13. The molecule has 0 spiro atoms. The second-order valence-corrected chi connectivity index (χ2v) is 6.21. The van der Waals surface area contributed by atoms with Crippen LogP contribution in [-0.2, 0) is 4.79 Å². The minimum absolute atomic E-state index is 0.127. The zero-order chi connectivity index (χ0) is 16.1. The predicted molar refractivity (Wildman–Crippen MR) is 88.1 cm³/mol. The molecule has 1 aromatic heterocycles. The fraction of sp³-hybridized carbons (Fsp3) is 0.200. The van der Waals surface area contributed by atoms with Gasteiger partial charge in [-0.2, -0.15) is 0 Å². The molecule has 0 saturated heterocycles. The second-order valence-electron chi connectivity index (χ2n) is 4.86. The minimum atomic E-state index is -0.546. The lowest BCUT2D eigenvalue weighted by molar-refractivity contribution is -0.682. The first-order valence-electron chi connectivity index (χ1n) is 6.73. The molecule has 0 fully saturated rings. The van der Waals surface area contributed by atoms with E-state index in [-0.39, 0.29) is 18.5 Å². The fourth-order valence-electron chi connectivity index (χ4n) is 1.96. The first-order valence-corrected chi connectivity index (χ1v) is 7.99. The van der Waals surface area contributed by atoms with Crippen LogP contribution >= 0.6 is 22.9 Å². The molecule has 5 nitrogen and oxygen atoms in total. The van der Waals surface area contributed by atoms with E-state index in [0.717, 1.165) is 5.56 Å². The van der Waals surface area contributed by atoms with Gasteiger partial charge in [-0.1, -0.05) is 23.7 Å². The third-order valence-electron chi connectivity index (χ3n) is 3.24. The zero-order valence-electron chi connectivity index (χ0n) is 12.0. The lowest BCUT2D eigenvalue weighted by Gasteiger charge is -2.11. The van der Waals surface area contributed by atoms with Crippen LogP contribution in [0.2, 0.25) is 5.02 Å². The molecule has 5 N–H and O–H groups in total. The Hall–Kier alpha value is -1.89. The Kier molecular flexibility index (Phi) is 5.54. The summed E-state index contributed by atoms with van der Waals surface area (Å²) in [5.41, 5.74) is 6.67. The quantitative estimate of drug-likeness (QED) is 0.749. The van der Waals surface area contributed by atoms with Crippen LogP contribution in [0.15, 0.2) is 35.7 Å². The standard InChI is InChI=1S/C15H16ClN3O2S/c1-9(10-2-4-11(16)5-3-10)18-8-13(20)19-15-12(14(17)21)6-7-22-15/h2-7,9,18H,8H2,1H3,(H2,17,21)(H,19,20)/p+1/t9-/m0/s1. The van der Waals surface area contributed by atoms with Gasteiger partial charge in [-0.25, -0.2) is 0 Å². The van der Waals surface area contributed by atoms with E-state index in [1.165, 1.54) is 11.3 Å². The number of nitrogens with one attached hydrogen (secondary N) is 1. The lowest BCUT2D eigenvalue weighted by atomic mass is 10.1. The molecule has 116 valence electrons. The molecular formula is C15H17ClN3O2S+. The SMILES string of the molecule is C[C@H]([NH2+]CC(=O)Nc1sccc1C(N)=O)c1ccc(Cl)cc1. The van der Waals surface area contributed by atoms with Gasteiger partial charge in [-0.15, -0.1) is 11.3 Å². The molecule has 2 rings (SSSR count). The fourth-order valence-corrected chi connectivity index (χ4v) is 2.90. The molecule has 2 amide bonds. The van der Waals surface area contributed by atoms with Crippen LogP contribution in [0.25, 0.3) is 0 Å². The number of quaternary nitrogens is 1. The number of anilines is 1. The number of benzene rings is 1. The van der Waals surface area contributed by atoms with Crippen LogP contribution in [0.3, 0.4) is 0 Å². The van der Waals surface area contributed by atoms with Gasteiger partial charge in [0.25, 0.3) is 11.8 Å². The zero-order valence-corrected chi connectivity index (χ0v) is 13.6. The average molecular weight is 339 g/mol. The number of carbonyl (C=O) groups is 2. The monoisotopic (exact) mass is 338 g/mol. The largest absolute Gasteiger partial charge is 0.366 e. The highest BCUT2D eigenvalue weighted by molar-refractivity contribution is 7.14. The van der Waals surface area contributed by atoms with Crippen LogP contribution in [0.4, 0.5) is 5.00 Å². The number of amides is 2.